The number of ether oxygens (including phenoxy) is 6. The summed E-state index contributed by atoms with van der Waals surface area (Å²) in [5.74, 6) is 2.33. The summed E-state index contributed by atoms with van der Waals surface area (Å²) in [4.78, 5) is 22.3. The minimum absolute atomic E-state index is 0.377. The molecule has 0 saturated heterocycles. The molecule has 7 rings (SSSR count). The van der Waals surface area contributed by atoms with E-state index in [1.54, 1.807) is 6.21 Å². The van der Waals surface area contributed by atoms with Gasteiger partial charge >= 0.3 is 11.9 Å². The molecule has 0 amide bonds. The minimum Gasteiger partial charge on any atom is -0.494 e. The molecular formula is C58H58N2O8. The van der Waals surface area contributed by atoms with Gasteiger partial charge in [-0.15, -0.1) is 5.10 Å². The average molecular weight is 911 g/mol. The molecule has 0 aromatic heterocycles. The maximum absolute atomic E-state index is 11.2. The van der Waals surface area contributed by atoms with Gasteiger partial charge in [-0.1, -0.05) is 104 Å². The third-order valence-corrected chi connectivity index (χ3v) is 11.3. The van der Waals surface area contributed by atoms with Gasteiger partial charge in [0.05, 0.1) is 32.6 Å². The van der Waals surface area contributed by atoms with Crippen molar-refractivity contribution in [1.29, 1.82) is 0 Å². The molecule has 0 bridgehead atoms. The van der Waals surface area contributed by atoms with Crippen LogP contribution in [-0.2, 0) is 32.3 Å². The van der Waals surface area contributed by atoms with Gasteiger partial charge in [0.1, 0.15) is 41.9 Å². The third kappa shape index (κ3) is 14.4. The summed E-state index contributed by atoms with van der Waals surface area (Å²) in [5, 5.41) is 9.49. The molecule has 0 unspecified atom stereocenters. The van der Waals surface area contributed by atoms with Gasteiger partial charge in [0, 0.05) is 28.8 Å². The van der Waals surface area contributed by atoms with Crippen molar-refractivity contribution in [2.45, 2.75) is 64.6 Å². The van der Waals surface area contributed by atoms with E-state index in [1.807, 2.05) is 84.9 Å². The molecule has 6 aromatic rings. The molecule has 0 fully saturated rings. The number of nitrogens with zero attached hydrogens (tertiary/aromatic N) is 2. The van der Waals surface area contributed by atoms with E-state index in [0.717, 1.165) is 124 Å². The zero-order chi connectivity index (χ0) is 47.2. The summed E-state index contributed by atoms with van der Waals surface area (Å²) in [6, 6.07) is 46.6. The molecule has 0 heterocycles. The number of fused-ring (bicyclic) bond motifs is 3. The quantitative estimate of drug-likeness (QED) is 0.0165. The van der Waals surface area contributed by atoms with E-state index in [1.165, 1.54) is 12.2 Å². The van der Waals surface area contributed by atoms with Crippen LogP contribution in [0.15, 0.2) is 175 Å². The first kappa shape index (κ1) is 48.2. The van der Waals surface area contributed by atoms with Crippen molar-refractivity contribution >= 4 is 23.9 Å². The van der Waals surface area contributed by atoms with Gasteiger partial charge in [-0.05, 0) is 133 Å². The van der Waals surface area contributed by atoms with E-state index >= 15 is 0 Å². The number of hydrogen-bond acceptors (Lipinski definition) is 10. The summed E-state index contributed by atoms with van der Waals surface area (Å²) in [5.41, 5.74) is 10.1. The highest BCUT2D eigenvalue weighted by Crippen LogP contribution is 2.37. The number of rotatable bonds is 27. The fraction of sp³-hybridized carbons (Fsp3) is 0.241. The Balaban J connectivity index is 0.954. The van der Waals surface area contributed by atoms with Crippen LogP contribution in [0.5, 0.6) is 23.0 Å². The number of benzene rings is 6. The molecule has 10 heteroatoms. The molecule has 0 N–H and O–H groups in total. The van der Waals surface area contributed by atoms with Crippen molar-refractivity contribution in [1.82, 2.24) is 0 Å². The highest BCUT2D eigenvalue weighted by Gasteiger charge is 2.24. The van der Waals surface area contributed by atoms with Crippen LogP contribution in [0, 0.1) is 0 Å². The zero-order valence-corrected chi connectivity index (χ0v) is 38.5. The van der Waals surface area contributed by atoms with Crippen molar-refractivity contribution < 1.29 is 38.0 Å². The third-order valence-electron chi connectivity index (χ3n) is 11.3. The Hall–Kier alpha value is -7.72. The van der Waals surface area contributed by atoms with E-state index in [0.29, 0.717) is 45.4 Å². The first-order valence-electron chi connectivity index (χ1n) is 23.3. The van der Waals surface area contributed by atoms with Gasteiger partial charge < -0.3 is 28.4 Å². The highest BCUT2D eigenvalue weighted by atomic mass is 16.5. The van der Waals surface area contributed by atoms with E-state index in [-0.39, 0.29) is 11.9 Å². The molecule has 10 nitrogen and oxygen atoms in total. The van der Waals surface area contributed by atoms with Crippen LogP contribution in [-0.4, -0.2) is 50.3 Å². The lowest BCUT2D eigenvalue weighted by Crippen LogP contribution is -2.02. The SMILES string of the molecule is C=CC(=O)OCCCCCCOc1ccc(COc2ccc(-c3ccc(OCc4ccc(OCCCCCCOC(=O)C=C)cc4)cc3/C=N/N=C3c4ccccc4-c4ccccc43)cc2)cc1. The minimum atomic E-state index is -0.380. The first-order chi connectivity index (χ1) is 33.5. The van der Waals surface area contributed by atoms with Crippen LogP contribution in [0.4, 0.5) is 0 Å². The van der Waals surface area contributed by atoms with E-state index in [2.05, 4.69) is 72.9 Å². The van der Waals surface area contributed by atoms with E-state index in [4.69, 9.17) is 33.5 Å². The van der Waals surface area contributed by atoms with Crippen LogP contribution < -0.4 is 18.9 Å². The Morgan fingerprint density at radius 3 is 1.37 bits per heavy atom. The number of carbonyl (C=O) groups excluding carboxylic acids is 2. The standard InChI is InChI=1S/C58H58N2O8/c1-3-56(61)65-37-15-7-5-13-35-63-47-27-21-43(22-28-47)41-67-49-31-25-45(26-32-49)51-34-33-50(68-42-44-23-29-48(30-24-44)64-36-14-6-8-16-38-66-57(62)4-2)39-46(51)40-59-60-58-54-19-11-9-17-52(54)53-18-10-12-20-55(53)58/h3-4,9-12,17-34,39-40H,1-2,5-8,13-16,35-38,41-42H2/b59-40+. The van der Waals surface area contributed by atoms with Crippen LogP contribution in [0.3, 0.4) is 0 Å². The second-order valence-electron chi connectivity index (χ2n) is 16.2. The molecule has 0 aliphatic heterocycles. The van der Waals surface area contributed by atoms with Crippen LogP contribution in [0.25, 0.3) is 22.3 Å². The van der Waals surface area contributed by atoms with Gasteiger partial charge in [0.25, 0.3) is 0 Å². The summed E-state index contributed by atoms with van der Waals surface area (Å²) in [7, 11) is 0. The average Bonchev–Trinajstić information content (AvgIpc) is 3.70. The summed E-state index contributed by atoms with van der Waals surface area (Å²) in [6.45, 7) is 9.70. The second-order valence-corrected chi connectivity index (χ2v) is 16.2. The lowest BCUT2D eigenvalue weighted by atomic mass is 10.00. The number of carbonyl (C=O) groups is 2. The van der Waals surface area contributed by atoms with Crippen molar-refractivity contribution in [2.24, 2.45) is 10.2 Å². The normalized spacial score (nSPS) is 11.3. The Labute approximate surface area is 399 Å². The topological polar surface area (TPSA) is 114 Å². The molecule has 1 aliphatic carbocycles. The van der Waals surface area contributed by atoms with Crippen molar-refractivity contribution in [3.8, 4) is 45.3 Å². The van der Waals surface area contributed by atoms with Crippen molar-refractivity contribution in [3.05, 3.63) is 193 Å². The first-order valence-corrected chi connectivity index (χ1v) is 23.3. The molecule has 6 aromatic carbocycles. The number of esters is 2. The lowest BCUT2D eigenvalue weighted by molar-refractivity contribution is -0.138. The van der Waals surface area contributed by atoms with Crippen LogP contribution in [0.2, 0.25) is 0 Å². The lowest BCUT2D eigenvalue weighted by Gasteiger charge is -2.12. The summed E-state index contributed by atoms with van der Waals surface area (Å²) < 4.78 is 34.5. The molecular weight excluding hydrogens is 853 g/mol. The predicted molar refractivity (Wildman–Crippen MR) is 269 cm³/mol. The number of hydrogen-bond donors (Lipinski definition) is 0. The molecule has 0 saturated carbocycles. The van der Waals surface area contributed by atoms with Crippen LogP contribution in [0.1, 0.15) is 79.2 Å². The smallest absolute Gasteiger partial charge is 0.330 e. The second kappa shape index (κ2) is 25.8. The van der Waals surface area contributed by atoms with Crippen molar-refractivity contribution in [2.75, 3.05) is 26.4 Å². The maximum Gasteiger partial charge on any atom is 0.330 e. The zero-order valence-electron chi connectivity index (χ0n) is 38.5. The Morgan fingerprint density at radius 1 is 0.441 bits per heavy atom. The van der Waals surface area contributed by atoms with E-state index < -0.39 is 0 Å². The van der Waals surface area contributed by atoms with Crippen LogP contribution >= 0.6 is 0 Å². The largest absolute Gasteiger partial charge is 0.494 e. The fourth-order valence-electron chi connectivity index (χ4n) is 7.64. The fourth-order valence-corrected chi connectivity index (χ4v) is 7.64. The Bertz CT molecular complexity index is 2610. The van der Waals surface area contributed by atoms with E-state index in [9.17, 15) is 9.59 Å². The molecule has 0 atom stereocenters. The Kier molecular flexibility index (Phi) is 18.3. The predicted octanol–water partition coefficient (Wildman–Crippen LogP) is 12.7. The Morgan fingerprint density at radius 2 is 0.868 bits per heavy atom. The molecule has 0 spiro atoms. The molecule has 0 radical (unpaired) electrons. The van der Waals surface area contributed by atoms with Gasteiger partial charge in [0.15, 0.2) is 0 Å². The monoisotopic (exact) mass is 910 g/mol. The maximum atomic E-state index is 11.2. The summed E-state index contributed by atoms with van der Waals surface area (Å²) in [6.07, 6.45) is 11.6. The van der Waals surface area contributed by atoms with Gasteiger partial charge in [-0.2, -0.15) is 5.10 Å². The van der Waals surface area contributed by atoms with Gasteiger partial charge in [0.2, 0.25) is 0 Å². The van der Waals surface area contributed by atoms with Gasteiger partial charge in [-0.25, -0.2) is 9.59 Å². The molecule has 1 aliphatic rings. The molecule has 68 heavy (non-hydrogen) atoms. The van der Waals surface area contributed by atoms with Crippen molar-refractivity contribution in [3.63, 3.8) is 0 Å². The summed E-state index contributed by atoms with van der Waals surface area (Å²) >= 11 is 0. The number of unbranched alkanes of at least 4 members (excludes halogenated alkanes) is 6. The van der Waals surface area contributed by atoms with Gasteiger partial charge in [-0.3, -0.25) is 0 Å². The highest BCUT2D eigenvalue weighted by molar-refractivity contribution is 6.24. The molecule has 348 valence electrons.